The van der Waals surface area contributed by atoms with E-state index in [1.165, 1.54) is 6.92 Å². The summed E-state index contributed by atoms with van der Waals surface area (Å²) in [5, 5.41) is 9.12. The number of carbonyl (C=O) groups is 2. The second-order valence-electron chi connectivity index (χ2n) is 4.87. The highest BCUT2D eigenvalue weighted by Crippen LogP contribution is 2.27. The van der Waals surface area contributed by atoms with Crippen LogP contribution in [0, 0.1) is 5.41 Å². The SMILES string of the molecule is C=CC(=O)C(C)(CCCCCCCCN)C(=O)O. The maximum atomic E-state index is 11.6. The number of rotatable bonds is 11. The Kier molecular flexibility index (Phi) is 8.29. The molecule has 0 rings (SSSR count). The standard InChI is InChI=1S/C14H25NO3/c1-3-12(16)14(2,13(17)18)10-8-6-4-5-7-9-11-15/h3H,1,4-11,15H2,2H3,(H,17,18). The molecule has 18 heavy (non-hydrogen) atoms. The first-order valence-electron chi connectivity index (χ1n) is 6.59. The van der Waals surface area contributed by atoms with E-state index < -0.39 is 17.2 Å². The second-order valence-corrected chi connectivity index (χ2v) is 4.87. The van der Waals surface area contributed by atoms with Crippen molar-refractivity contribution in [3.63, 3.8) is 0 Å². The molecule has 0 aromatic rings. The monoisotopic (exact) mass is 255 g/mol. The third kappa shape index (κ3) is 5.45. The van der Waals surface area contributed by atoms with Gasteiger partial charge in [-0.3, -0.25) is 9.59 Å². The minimum Gasteiger partial charge on any atom is -0.480 e. The Morgan fingerprint density at radius 3 is 2.11 bits per heavy atom. The van der Waals surface area contributed by atoms with Crippen LogP contribution in [0.2, 0.25) is 0 Å². The number of carboxylic acid groups (broad SMARTS) is 1. The molecule has 0 aliphatic rings. The Morgan fingerprint density at radius 2 is 1.67 bits per heavy atom. The average molecular weight is 255 g/mol. The zero-order valence-corrected chi connectivity index (χ0v) is 11.3. The second kappa shape index (κ2) is 8.86. The first kappa shape index (κ1) is 16.8. The quantitative estimate of drug-likeness (QED) is 0.338. The summed E-state index contributed by atoms with van der Waals surface area (Å²) in [6, 6.07) is 0. The Labute approximate surface area is 109 Å². The van der Waals surface area contributed by atoms with E-state index in [2.05, 4.69) is 6.58 Å². The van der Waals surface area contributed by atoms with Crippen molar-refractivity contribution >= 4 is 11.8 Å². The van der Waals surface area contributed by atoms with E-state index in [9.17, 15) is 9.59 Å². The van der Waals surface area contributed by atoms with Crippen LogP contribution in [0.15, 0.2) is 12.7 Å². The topological polar surface area (TPSA) is 80.4 Å². The van der Waals surface area contributed by atoms with Gasteiger partial charge in [-0.15, -0.1) is 0 Å². The Bertz CT molecular complexity index is 289. The molecule has 1 atom stereocenters. The predicted octanol–water partition coefficient (Wildman–Crippen LogP) is 2.52. The summed E-state index contributed by atoms with van der Waals surface area (Å²) in [5.41, 5.74) is 4.09. The molecule has 0 aliphatic carbocycles. The van der Waals surface area contributed by atoms with E-state index in [1.807, 2.05) is 0 Å². The van der Waals surface area contributed by atoms with Crippen LogP contribution < -0.4 is 5.73 Å². The van der Waals surface area contributed by atoms with Gasteiger partial charge in [0.2, 0.25) is 0 Å². The number of hydrogen-bond donors (Lipinski definition) is 2. The van der Waals surface area contributed by atoms with Crippen molar-refractivity contribution < 1.29 is 14.7 Å². The van der Waals surface area contributed by atoms with E-state index >= 15 is 0 Å². The molecule has 0 aromatic heterocycles. The first-order chi connectivity index (χ1) is 8.49. The molecule has 0 bridgehead atoms. The lowest BCUT2D eigenvalue weighted by molar-refractivity contribution is -0.152. The van der Waals surface area contributed by atoms with Crippen molar-refractivity contribution in [2.24, 2.45) is 11.1 Å². The highest BCUT2D eigenvalue weighted by molar-refractivity contribution is 6.07. The molecular weight excluding hydrogens is 230 g/mol. The molecule has 1 unspecified atom stereocenters. The molecule has 0 spiro atoms. The van der Waals surface area contributed by atoms with Crippen molar-refractivity contribution in [2.75, 3.05) is 6.54 Å². The van der Waals surface area contributed by atoms with E-state index in [0.717, 1.165) is 51.1 Å². The lowest BCUT2D eigenvalue weighted by Gasteiger charge is -2.21. The summed E-state index contributed by atoms with van der Waals surface area (Å²) < 4.78 is 0. The van der Waals surface area contributed by atoms with Gasteiger partial charge in [0.25, 0.3) is 0 Å². The molecule has 104 valence electrons. The van der Waals surface area contributed by atoms with Crippen LogP contribution in [0.3, 0.4) is 0 Å². The molecular formula is C14H25NO3. The maximum absolute atomic E-state index is 11.6. The molecule has 0 saturated carbocycles. The Morgan fingerprint density at radius 1 is 1.17 bits per heavy atom. The number of allylic oxidation sites excluding steroid dienone is 1. The Balaban J connectivity index is 3.96. The van der Waals surface area contributed by atoms with Crippen LogP contribution in [0.5, 0.6) is 0 Å². The summed E-state index contributed by atoms with van der Waals surface area (Å²) in [6.07, 6.45) is 7.55. The minimum atomic E-state index is -1.31. The van der Waals surface area contributed by atoms with Gasteiger partial charge in [-0.1, -0.05) is 38.7 Å². The van der Waals surface area contributed by atoms with Crippen molar-refractivity contribution in [1.82, 2.24) is 0 Å². The van der Waals surface area contributed by atoms with Gasteiger partial charge < -0.3 is 10.8 Å². The molecule has 0 aromatic carbocycles. The zero-order valence-electron chi connectivity index (χ0n) is 11.3. The average Bonchev–Trinajstić information content (AvgIpc) is 2.36. The number of nitrogens with two attached hydrogens (primary N) is 1. The first-order valence-corrected chi connectivity index (χ1v) is 6.59. The number of carboxylic acids is 1. The lowest BCUT2D eigenvalue weighted by Crippen LogP contribution is -2.35. The van der Waals surface area contributed by atoms with Crippen molar-refractivity contribution in [2.45, 2.75) is 51.9 Å². The molecule has 0 amide bonds. The maximum Gasteiger partial charge on any atom is 0.317 e. The fourth-order valence-electron chi connectivity index (χ4n) is 1.89. The van der Waals surface area contributed by atoms with Gasteiger partial charge in [0.05, 0.1) is 0 Å². The zero-order chi connectivity index (χ0) is 14.0. The molecule has 0 saturated heterocycles. The van der Waals surface area contributed by atoms with Gasteiger partial charge in [-0.2, -0.15) is 0 Å². The third-order valence-electron chi connectivity index (χ3n) is 3.33. The van der Waals surface area contributed by atoms with Crippen LogP contribution in [0.25, 0.3) is 0 Å². The van der Waals surface area contributed by atoms with Crippen molar-refractivity contribution in [3.05, 3.63) is 12.7 Å². The van der Waals surface area contributed by atoms with E-state index in [0.29, 0.717) is 6.42 Å². The van der Waals surface area contributed by atoms with Gasteiger partial charge in [0.15, 0.2) is 5.78 Å². The molecule has 0 radical (unpaired) electrons. The van der Waals surface area contributed by atoms with Crippen molar-refractivity contribution in [1.29, 1.82) is 0 Å². The smallest absolute Gasteiger partial charge is 0.317 e. The number of aliphatic carboxylic acids is 1. The van der Waals surface area contributed by atoms with Crippen LogP contribution >= 0.6 is 0 Å². The largest absolute Gasteiger partial charge is 0.480 e. The summed E-state index contributed by atoms with van der Waals surface area (Å²) in [4.78, 5) is 22.7. The fraction of sp³-hybridized carbons (Fsp3) is 0.714. The molecule has 4 heteroatoms. The predicted molar refractivity (Wildman–Crippen MR) is 72.3 cm³/mol. The molecule has 4 nitrogen and oxygen atoms in total. The van der Waals surface area contributed by atoms with Gasteiger partial charge in [-0.25, -0.2) is 0 Å². The van der Waals surface area contributed by atoms with Crippen LogP contribution in [-0.4, -0.2) is 23.4 Å². The molecule has 0 aliphatic heterocycles. The molecule has 0 heterocycles. The van der Waals surface area contributed by atoms with Crippen LogP contribution in [0.1, 0.15) is 51.9 Å². The lowest BCUT2D eigenvalue weighted by atomic mass is 9.80. The summed E-state index contributed by atoms with van der Waals surface area (Å²) in [6.45, 7) is 5.57. The van der Waals surface area contributed by atoms with Gasteiger partial charge in [0.1, 0.15) is 5.41 Å². The summed E-state index contributed by atoms with van der Waals surface area (Å²) in [5.74, 6) is -1.46. The molecule has 0 fully saturated rings. The van der Waals surface area contributed by atoms with Gasteiger partial charge >= 0.3 is 5.97 Å². The van der Waals surface area contributed by atoms with Gasteiger partial charge in [0, 0.05) is 0 Å². The Hall–Kier alpha value is -1.16. The van der Waals surface area contributed by atoms with Crippen LogP contribution in [0.4, 0.5) is 0 Å². The highest BCUT2D eigenvalue weighted by atomic mass is 16.4. The highest BCUT2D eigenvalue weighted by Gasteiger charge is 2.38. The number of hydrogen-bond acceptors (Lipinski definition) is 3. The normalized spacial score (nSPS) is 13.9. The fourth-order valence-corrected chi connectivity index (χ4v) is 1.89. The minimum absolute atomic E-state index is 0.379. The van der Waals surface area contributed by atoms with E-state index in [-0.39, 0.29) is 0 Å². The number of ketones is 1. The van der Waals surface area contributed by atoms with Crippen LogP contribution in [-0.2, 0) is 9.59 Å². The van der Waals surface area contributed by atoms with Crippen molar-refractivity contribution in [3.8, 4) is 0 Å². The van der Waals surface area contributed by atoms with E-state index in [4.69, 9.17) is 10.8 Å². The third-order valence-corrected chi connectivity index (χ3v) is 3.33. The van der Waals surface area contributed by atoms with Gasteiger partial charge in [-0.05, 0) is 32.4 Å². The number of unbranched alkanes of at least 4 members (excludes halogenated alkanes) is 5. The number of carbonyl (C=O) groups excluding carboxylic acids is 1. The van der Waals surface area contributed by atoms with E-state index in [1.54, 1.807) is 0 Å². The summed E-state index contributed by atoms with van der Waals surface area (Å²) >= 11 is 0. The molecule has 3 N–H and O–H groups in total. The summed E-state index contributed by atoms with van der Waals surface area (Å²) in [7, 11) is 0.